The van der Waals surface area contributed by atoms with Crippen molar-refractivity contribution in [2.24, 2.45) is 0 Å². The lowest BCUT2D eigenvalue weighted by atomic mass is 10.1. The predicted molar refractivity (Wildman–Crippen MR) is 60.5 cm³/mol. The van der Waals surface area contributed by atoms with Gasteiger partial charge < -0.3 is 14.7 Å². The minimum Gasteiger partial charge on any atom is -0.512 e. The Kier molecular flexibility index (Phi) is 3.19. The molecule has 1 heterocycles. The van der Waals surface area contributed by atoms with Gasteiger partial charge >= 0.3 is 7.32 Å². The molecule has 0 aliphatic rings. The first-order valence-corrected chi connectivity index (χ1v) is 4.79. The first-order chi connectivity index (χ1) is 7.75. The molecule has 1 aromatic heterocycles. The van der Waals surface area contributed by atoms with E-state index in [4.69, 9.17) is 14.7 Å². The summed E-state index contributed by atoms with van der Waals surface area (Å²) >= 11 is 0. The van der Waals surface area contributed by atoms with Gasteiger partial charge in [-0.1, -0.05) is 18.2 Å². The number of rotatable bonds is 3. The van der Waals surface area contributed by atoms with E-state index < -0.39 is 7.32 Å². The van der Waals surface area contributed by atoms with Crippen LogP contribution in [0.15, 0.2) is 48.8 Å². The van der Waals surface area contributed by atoms with Gasteiger partial charge in [0, 0.05) is 18.0 Å². The molecule has 0 spiro atoms. The Morgan fingerprint density at radius 1 is 1.06 bits per heavy atom. The van der Waals surface area contributed by atoms with E-state index in [1.54, 1.807) is 30.6 Å². The summed E-state index contributed by atoms with van der Waals surface area (Å²) in [7, 11) is -1.80. The number of aromatic nitrogens is 1. The van der Waals surface area contributed by atoms with Gasteiger partial charge in [0.2, 0.25) is 0 Å². The van der Waals surface area contributed by atoms with E-state index >= 15 is 0 Å². The van der Waals surface area contributed by atoms with Crippen LogP contribution >= 0.6 is 0 Å². The molecule has 0 radical (unpaired) electrons. The van der Waals surface area contributed by atoms with Crippen LogP contribution in [0.2, 0.25) is 0 Å². The molecule has 0 amide bonds. The van der Waals surface area contributed by atoms with Gasteiger partial charge in [-0.15, -0.1) is 0 Å². The minimum absolute atomic E-state index is 0.399. The molecule has 0 saturated heterocycles. The van der Waals surface area contributed by atoms with E-state index in [1.807, 2.05) is 18.2 Å². The fourth-order valence-corrected chi connectivity index (χ4v) is 1.40. The zero-order chi connectivity index (χ0) is 11.4. The second kappa shape index (κ2) is 4.78. The quantitative estimate of drug-likeness (QED) is 0.752. The molecule has 0 unspecified atom stereocenters. The molecular weight excluding hydrogens is 205 g/mol. The SMILES string of the molecule is OB(O)Oc1cccc(-c2cccnc2)c1. The smallest absolute Gasteiger partial charge is 0.512 e. The van der Waals surface area contributed by atoms with Crippen LogP contribution in [0.25, 0.3) is 11.1 Å². The lowest BCUT2D eigenvalue weighted by Crippen LogP contribution is -2.20. The molecule has 16 heavy (non-hydrogen) atoms. The molecule has 2 N–H and O–H groups in total. The lowest BCUT2D eigenvalue weighted by Gasteiger charge is -2.06. The third kappa shape index (κ3) is 2.59. The zero-order valence-corrected chi connectivity index (χ0v) is 8.45. The molecule has 5 heteroatoms. The highest BCUT2D eigenvalue weighted by atomic mass is 16.6. The molecule has 80 valence electrons. The Labute approximate surface area is 93.3 Å². The van der Waals surface area contributed by atoms with Gasteiger partial charge in [0.05, 0.1) is 0 Å². The van der Waals surface area contributed by atoms with Crippen molar-refractivity contribution >= 4 is 7.32 Å². The minimum atomic E-state index is -1.80. The monoisotopic (exact) mass is 215 g/mol. The fourth-order valence-electron chi connectivity index (χ4n) is 1.40. The van der Waals surface area contributed by atoms with Crippen molar-refractivity contribution in [2.45, 2.75) is 0 Å². The van der Waals surface area contributed by atoms with Gasteiger partial charge in [0.1, 0.15) is 5.75 Å². The van der Waals surface area contributed by atoms with E-state index in [-0.39, 0.29) is 0 Å². The largest absolute Gasteiger partial charge is 0.707 e. The van der Waals surface area contributed by atoms with Crippen LogP contribution in [0.1, 0.15) is 0 Å². The van der Waals surface area contributed by atoms with E-state index in [2.05, 4.69) is 4.98 Å². The van der Waals surface area contributed by atoms with E-state index in [1.165, 1.54) is 0 Å². The highest BCUT2D eigenvalue weighted by molar-refractivity contribution is 6.33. The van der Waals surface area contributed by atoms with Gasteiger partial charge in [-0.3, -0.25) is 4.98 Å². The molecule has 0 aliphatic heterocycles. The Balaban J connectivity index is 2.29. The number of nitrogens with zero attached hydrogens (tertiary/aromatic N) is 1. The van der Waals surface area contributed by atoms with Crippen LogP contribution < -0.4 is 4.65 Å². The first kappa shape index (κ1) is 10.7. The van der Waals surface area contributed by atoms with Crippen LogP contribution in [-0.4, -0.2) is 22.4 Å². The summed E-state index contributed by atoms with van der Waals surface area (Å²) in [5.74, 6) is 0.399. The number of hydrogen-bond acceptors (Lipinski definition) is 4. The molecule has 0 fully saturated rings. The average molecular weight is 215 g/mol. The summed E-state index contributed by atoms with van der Waals surface area (Å²) in [6.45, 7) is 0. The zero-order valence-electron chi connectivity index (χ0n) is 8.45. The second-order valence-corrected chi connectivity index (χ2v) is 3.21. The summed E-state index contributed by atoms with van der Waals surface area (Å²) in [4.78, 5) is 4.01. The third-order valence-corrected chi connectivity index (χ3v) is 2.07. The van der Waals surface area contributed by atoms with Crippen molar-refractivity contribution in [3.8, 4) is 16.9 Å². The van der Waals surface area contributed by atoms with E-state index in [0.29, 0.717) is 5.75 Å². The van der Waals surface area contributed by atoms with Crippen molar-refractivity contribution in [1.82, 2.24) is 4.98 Å². The summed E-state index contributed by atoms with van der Waals surface area (Å²) in [6, 6.07) is 10.8. The maximum Gasteiger partial charge on any atom is 0.707 e. The van der Waals surface area contributed by atoms with Crippen molar-refractivity contribution in [2.75, 3.05) is 0 Å². The van der Waals surface area contributed by atoms with Crippen LogP contribution in [0.4, 0.5) is 0 Å². The molecule has 0 bridgehead atoms. The second-order valence-electron chi connectivity index (χ2n) is 3.21. The van der Waals surface area contributed by atoms with Gasteiger partial charge in [-0.2, -0.15) is 0 Å². The standard InChI is InChI=1S/C11H10BNO3/c14-12(15)16-11-5-1-3-9(7-11)10-4-2-6-13-8-10/h1-8,14-15H. The van der Waals surface area contributed by atoms with Crippen LogP contribution in [-0.2, 0) is 0 Å². The Hall–Kier alpha value is -1.85. The van der Waals surface area contributed by atoms with Crippen molar-refractivity contribution < 1.29 is 14.7 Å². The van der Waals surface area contributed by atoms with Gasteiger partial charge in [-0.25, -0.2) is 0 Å². The Morgan fingerprint density at radius 2 is 1.88 bits per heavy atom. The Bertz CT molecular complexity index is 462. The molecule has 0 aliphatic carbocycles. The van der Waals surface area contributed by atoms with Gasteiger partial charge in [0.25, 0.3) is 0 Å². The summed E-state index contributed by atoms with van der Waals surface area (Å²) in [5, 5.41) is 17.4. The summed E-state index contributed by atoms with van der Waals surface area (Å²) in [5.41, 5.74) is 1.85. The van der Waals surface area contributed by atoms with Crippen molar-refractivity contribution in [1.29, 1.82) is 0 Å². The molecular formula is C11H10BNO3. The van der Waals surface area contributed by atoms with Gasteiger partial charge in [0.15, 0.2) is 0 Å². The predicted octanol–water partition coefficient (Wildman–Crippen LogP) is 1.10. The molecule has 2 rings (SSSR count). The molecule has 4 nitrogen and oxygen atoms in total. The molecule has 0 atom stereocenters. The average Bonchev–Trinajstić information content (AvgIpc) is 2.30. The summed E-state index contributed by atoms with van der Waals surface area (Å²) < 4.78 is 4.77. The molecule has 0 saturated carbocycles. The molecule has 2 aromatic rings. The molecule has 1 aromatic carbocycles. The highest BCUT2D eigenvalue weighted by Gasteiger charge is 2.11. The number of benzene rings is 1. The van der Waals surface area contributed by atoms with E-state index in [0.717, 1.165) is 11.1 Å². The number of pyridine rings is 1. The maximum absolute atomic E-state index is 8.69. The fraction of sp³-hybridized carbons (Fsp3) is 0. The lowest BCUT2D eigenvalue weighted by molar-refractivity contribution is 0.288. The van der Waals surface area contributed by atoms with Crippen molar-refractivity contribution in [3.63, 3.8) is 0 Å². The normalized spacial score (nSPS) is 9.88. The van der Waals surface area contributed by atoms with Crippen LogP contribution in [0, 0.1) is 0 Å². The van der Waals surface area contributed by atoms with E-state index in [9.17, 15) is 0 Å². The Morgan fingerprint density at radius 3 is 2.56 bits per heavy atom. The number of hydrogen-bond donors (Lipinski definition) is 2. The summed E-state index contributed by atoms with van der Waals surface area (Å²) in [6.07, 6.45) is 3.43. The first-order valence-electron chi connectivity index (χ1n) is 4.79. The topological polar surface area (TPSA) is 62.6 Å². The van der Waals surface area contributed by atoms with Gasteiger partial charge in [-0.05, 0) is 23.8 Å². The van der Waals surface area contributed by atoms with Crippen LogP contribution in [0.5, 0.6) is 5.75 Å². The maximum atomic E-state index is 8.69. The van der Waals surface area contributed by atoms with Crippen molar-refractivity contribution in [3.05, 3.63) is 48.8 Å². The third-order valence-electron chi connectivity index (χ3n) is 2.07. The highest BCUT2D eigenvalue weighted by Crippen LogP contribution is 2.22. The van der Waals surface area contributed by atoms with Crippen LogP contribution in [0.3, 0.4) is 0 Å².